The Morgan fingerprint density at radius 2 is 2.32 bits per heavy atom. The third-order valence-electron chi connectivity index (χ3n) is 4.59. The van der Waals surface area contributed by atoms with Crippen LogP contribution in [0.1, 0.15) is 30.5 Å². The Hall–Kier alpha value is -1.54. The van der Waals surface area contributed by atoms with Gasteiger partial charge in [0.25, 0.3) is 0 Å². The van der Waals surface area contributed by atoms with Gasteiger partial charge < -0.3 is 19.4 Å². The van der Waals surface area contributed by atoms with Gasteiger partial charge in [0.15, 0.2) is 11.5 Å². The minimum atomic E-state index is -0.785. The fourth-order valence-corrected chi connectivity index (χ4v) is 3.51. The lowest BCUT2D eigenvalue weighted by atomic mass is 9.86. The first-order chi connectivity index (χ1) is 10.6. The number of benzene rings is 1. The zero-order valence-corrected chi connectivity index (χ0v) is 13.1. The van der Waals surface area contributed by atoms with E-state index in [1.807, 2.05) is 20.0 Å². The normalized spacial score (nSPS) is 23.0. The molecule has 2 N–H and O–H groups in total. The first-order valence-corrected chi connectivity index (χ1v) is 7.50. The number of hydrogen-bond acceptors (Lipinski definition) is 6. The van der Waals surface area contributed by atoms with Crippen LogP contribution in [0.2, 0.25) is 0 Å². The average molecular weight is 310 g/mol. The van der Waals surface area contributed by atoms with Gasteiger partial charge in [-0.25, -0.2) is 10.4 Å². The molecule has 3 atom stereocenters. The first-order valence-electron chi connectivity index (χ1n) is 7.50. The lowest BCUT2D eigenvalue weighted by Gasteiger charge is -2.41. The van der Waals surface area contributed by atoms with E-state index in [0.717, 1.165) is 24.1 Å². The highest BCUT2D eigenvalue weighted by molar-refractivity contribution is 5.62. The molecule has 0 aromatic heterocycles. The van der Waals surface area contributed by atoms with Gasteiger partial charge >= 0.3 is 0 Å². The molecule has 0 radical (unpaired) electrons. The lowest BCUT2D eigenvalue weighted by molar-refractivity contribution is -1.07. The standard InChI is InChI=1S/C15H22N2O5/c1-4-10(17(18)19)13-12-9(5-6-16(13)2)7-11-14(15(12)20-3)22-8-21-11/h7,10,13,17-18H,4-6,8H2,1-3H3/t10-,13-/m0/s1. The van der Waals surface area contributed by atoms with Crippen LogP contribution < -0.4 is 19.4 Å². The van der Waals surface area contributed by atoms with Gasteiger partial charge in [0.2, 0.25) is 12.5 Å². The third kappa shape index (κ3) is 2.30. The maximum atomic E-state index is 11.7. The monoisotopic (exact) mass is 310 g/mol. The summed E-state index contributed by atoms with van der Waals surface area (Å²) < 4.78 is 16.6. The summed E-state index contributed by atoms with van der Waals surface area (Å²) in [7, 11) is 3.55. The molecular weight excluding hydrogens is 288 g/mol. The van der Waals surface area contributed by atoms with E-state index in [2.05, 4.69) is 4.90 Å². The number of hydroxylamine groups is 2. The Balaban J connectivity index is 2.16. The largest absolute Gasteiger partial charge is 0.600 e. The summed E-state index contributed by atoms with van der Waals surface area (Å²) in [4.78, 5) is 2.09. The molecule has 2 aliphatic rings. The van der Waals surface area contributed by atoms with Crippen molar-refractivity contribution < 1.29 is 24.6 Å². The number of nitrogens with one attached hydrogen (secondary N) is 1. The first kappa shape index (κ1) is 15.4. The average Bonchev–Trinajstić information content (AvgIpc) is 2.95. The molecule has 1 aromatic rings. The summed E-state index contributed by atoms with van der Waals surface area (Å²) in [6, 6.07) is 1.25. The third-order valence-corrected chi connectivity index (χ3v) is 4.59. The second-order valence-electron chi connectivity index (χ2n) is 5.74. The molecule has 1 unspecified atom stereocenters. The van der Waals surface area contributed by atoms with Gasteiger partial charge in [-0.3, -0.25) is 4.90 Å². The number of hydrogen-bond donors (Lipinski definition) is 2. The molecule has 7 heteroatoms. The van der Waals surface area contributed by atoms with Gasteiger partial charge in [-0.05, 0) is 25.1 Å². The van der Waals surface area contributed by atoms with Crippen molar-refractivity contribution in [3.05, 3.63) is 22.4 Å². The second-order valence-corrected chi connectivity index (χ2v) is 5.74. The fourth-order valence-electron chi connectivity index (χ4n) is 3.51. The van der Waals surface area contributed by atoms with Crippen molar-refractivity contribution in [2.24, 2.45) is 0 Å². The predicted octanol–water partition coefficient (Wildman–Crippen LogP) is 0.503. The minimum absolute atomic E-state index is 0.172. The Bertz CT molecular complexity index is 563. The van der Waals surface area contributed by atoms with Crippen molar-refractivity contribution in [3.8, 4) is 17.2 Å². The Labute approximate surface area is 129 Å². The van der Waals surface area contributed by atoms with Gasteiger partial charge in [0.1, 0.15) is 6.04 Å². The molecule has 7 nitrogen and oxygen atoms in total. The molecule has 0 spiro atoms. The van der Waals surface area contributed by atoms with E-state index >= 15 is 0 Å². The van der Waals surface area contributed by atoms with Crippen LogP contribution >= 0.6 is 0 Å². The van der Waals surface area contributed by atoms with Crippen LogP contribution in [0.3, 0.4) is 0 Å². The molecule has 0 saturated heterocycles. The predicted molar refractivity (Wildman–Crippen MR) is 78.4 cm³/mol. The molecule has 2 heterocycles. The Morgan fingerprint density at radius 3 is 2.95 bits per heavy atom. The van der Waals surface area contributed by atoms with E-state index in [0.29, 0.717) is 23.7 Å². The maximum Gasteiger partial charge on any atom is 0.231 e. The van der Waals surface area contributed by atoms with E-state index < -0.39 is 11.3 Å². The van der Waals surface area contributed by atoms with E-state index in [1.54, 1.807) is 7.11 Å². The zero-order chi connectivity index (χ0) is 15.9. The number of methoxy groups -OCH3 is 1. The van der Waals surface area contributed by atoms with Gasteiger partial charge in [-0.1, -0.05) is 6.92 Å². The quantitative estimate of drug-likeness (QED) is 0.789. The second kappa shape index (κ2) is 5.92. The van der Waals surface area contributed by atoms with Gasteiger partial charge in [-0.2, -0.15) is 0 Å². The molecular formula is C15H22N2O5. The van der Waals surface area contributed by atoms with Crippen LogP contribution in [0.15, 0.2) is 6.07 Å². The van der Waals surface area contributed by atoms with Gasteiger partial charge in [0, 0.05) is 18.5 Å². The van der Waals surface area contributed by atoms with E-state index in [4.69, 9.17) is 14.2 Å². The van der Waals surface area contributed by atoms with E-state index in [-0.39, 0.29) is 12.8 Å². The minimum Gasteiger partial charge on any atom is -0.600 e. The lowest BCUT2D eigenvalue weighted by Crippen LogP contribution is -3.10. The van der Waals surface area contributed by atoms with Crippen LogP contribution in [0.4, 0.5) is 0 Å². The molecule has 1 aromatic carbocycles. The molecule has 122 valence electrons. The van der Waals surface area contributed by atoms with Gasteiger partial charge in [0.05, 0.1) is 13.2 Å². The van der Waals surface area contributed by atoms with E-state index in [9.17, 15) is 10.4 Å². The number of fused-ring (bicyclic) bond motifs is 2. The van der Waals surface area contributed by atoms with Crippen LogP contribution in [0.5, 0.6) is 17.2 Å². The van der Waals surface area contributed by atoms with Gasteiger partial charge in [-0.15, -0.1) is 0 Å². The Morgan fingerprint density at radius 1 is 1.55 bits per heavy atom. The molecule has 0 bridgehead atoms. The number of quaternary nitrogens is 1. The summed E-state index contributed by atoms with van der Waals surface area (Å²) in [5, 5.41) is 20.5. The Kier molecular flexibility index (Phi) is 4.14. The van der Waals surface area contributed by atoms with Crippen molar-refractivity contribution in [2.45, 2.75) is 31.8 Å². The maximum absolute atomic E-state index is 11.7. The molecule has 3 rings (SSSR count). The smallest absolute Gasteiger partial charge is 0.231 e. The number of nitrogens with zero attached hydrogens (tertiary/aromatic N) is 1. The van der Waals surface area contributed by atoms with Crippen molar-refractivity contribution >= 4 is 0 Å². The summed E-state index contributed by atoms with van der Waals surface area (Å²) in [6.07, 6.45) is 1.40. The van der Waals surface area contributed by atoms with Crippen molar-refractivity contribution in [1.82, 2.24) is 4.90 Å². The zero-order valence-electron chi connectivity index (χ0n) is 13.1. The topological polar surface area (TPSA) is 78.7 Å². The number of likely N-dealkylation sites (N-methyl/N-ethyl adjacent to an activating group) is 1. The van der Waals surface area contributed by atoms with Crippen LogP contribution in [0.25, 0.3) is 0 Å². The van der Waals surface area contributed by atoms with Crippen LogP contribution in [-0.2, 0) is 6.42 Å². The summed E-state index contributed by atoms with van der Waals surface area (Å²) >= 11 is 0. The summed E-state index contributed by atoms with van der Waals surface area (Å²) in [5.41, 5.74) is 2.01. The number of ether oxygens (including phenoxy) is 3. The number of rotatable bonds is 4. The molecule has 22 heavy (non-hydrogen) atoms. The van der Waals surface area contributed by atoms with Crippen LogP contribution in [0, 0.1) is 5.21 Å². The highest BCUT2D eigenvalue weighted by Gasteiger charge is 2.40. The van der Waals surface area contributed by atoms with Crippen LogP contribution in [-0.4, -0.2) is 43.6 Å². The van der Waals surface area contributed by atoms with E-state index in [1.165, 1.54) is 0 Å². The highest BCUT2D eigenvalue weighted by atomic mass is 16.8. The molecule has 0 aliphatic carbocycles. The summed E-state index contributed by atoms with van der Waals surface area (Å²) in [5.74, 6) is 1.88. The summed E-state index contributed by atoms with van der Waals surface area (Å²) in [6.45, 7) is 2.88. The fraction of sp³-hybridized carbons (Fsp3) is 0.600. The molecule has 2 aliphatic heterocycles. The van der Waals surface area contributed by atoms with Crippen molar-refractivity contribution in [2.75, 3.05) is 27.5 Å². The van der Waals surface area contributed by atoms with Crippen molar-refractivity contribution in [1.29, 1.82) is 0 Å². The molecule has 0 amide bonds. The SMILES string of the molecule is CC[C@@H]([C@H]1c2c(cc3c(c2OC)OCO3)CCN1C)[NH+]([O-])O. The molecule has 0 fully saturated rings. The highest BCUT2D eigenvalue weighted by Crippen LogP contribution is 2.49. The van der Waals surface area contributed by atoms with Crippen molar-refractivity contribution in [3.63, 3.8) is 0 Å². The molecule has 0 saturated carbocycles.